The van der Waals surface area contributed by atoms with Crippen molar-refractivity contribution in [2.45, 2.75) is 75.4 Å². The van der Waals surface area contributed by atoms with Gasteiger partial charge in [0.05, 0.1) is 17.6 Å². The third-order valence-corrected chi connectivity index (χ3v) is 12.7. The van der Waals surface area contributed by atoms with Crippen LogP contribution < -0.4 is 0 Å². The first-order valence-corrected chi connectivity index (χ1v) is 14.7. The van der Waals surface area contributed by atoms with Crippen LogP contribution in [0.15, 0.2) is 58.5 Å². The first-order chi connectivity index (χ1) is 13.7. The largest absolute Gasteiger partial charge is 0.463 e. The first kappa shape index (κ1) is 24.6. The summed E-state index contributed by atoms with van der Waals surface area (Å²) in [6, 6.07) is 8.29. The number of ether oxygens (including phenoxy) is 1. The lowest BCUT2D eigenvalue weighted by molar-refractivity contribution is -0.138. The predicted molar refractivity (Wildman–Crippen MR) is 123 cm³/mol. The molecule has 0 spiro atoms. The summed E-state index contributed by atoms with van der Waals surface area (Å²) in [6.07, 6.45) is -0.371. The van der Waals surface area contributed by atoms with Gasteiger partial charge in [-0.1, -0.05) is 51.1 Å². The number of esters is 1. The number of sulfone groups is 1. The number of carbonyl (C=O) groups is 1. The molecule has 30 heavy (non-hydrogen) atoms. The minimum atomic E-state index is -3.78. The smallest absolute Gasteiger partial charge is 0.334 e. The van der Waals surface area contributed by atoms with E-state index in [1.54, 1.807) is 37.3 Å². The van der Waals surface area contributed by atoms with Crippen molar-refractivity contribution in [2.24, 2.45) is 0 Å². The van der Waals surface area contributed by atoms with Crippen molar-refractivity contribution in [1.29, 1.82) is 0 Å². The van der Waals surface area contributed by atoms with Gasteiger partial charge < -0.3 is 9.16 Å². The van der Waals surface area contributed by atoms with Gasteiger partial charge in [0.2, 0.25) is 0 Å². The molecule has 1 aliphatic carbocycles. The molecule has 0 bridgehead atoms. The maximum Gasteiger partial charge on any atom is 0.334 e. The van der Waals surface area contributed by atoms with Crippen LogP contribution in [0.5, 0.6) is 0 Å². The average molecular weight is 451 g/mol. The lowest BCUT2D eigenvalue weighted by Gasteiger charge is -2.39. The fourth-order valence-corrected chi connectivity index (χ4v) is 6.85. The maximum absolute atomic E-state index is 13.6. The molecule has 0 saturated heterocycles. The first-order valence-electron chi connectivity index (χ1n) is 10.3. The molecule has 0 fully saturated rings. The highest BCUT2D eigenvalue weighted by Gasteiger charge is 2.46. The van der Waals surface area contributed by atoms with Gasteiger partial charge in [0.25, 0.3) is 0 Å². The van der Waals surface area contributed by atoms with Crippen molar-refractivity contribution in [3.8, 4) is 0 Å². The van der Waals surface area contributed by atoms with Crippen LogP contribution in [0.4, 0.5) is 0 Å². The summed E-state index contributed by atoms with van der Waals surface area (Å²) >= 11 is 0. The topological polar surface area (TPSA) is 69.7 Å². The van der Waals surface area contributed by atoms with Gasteiger partial charge in [0, 0.05) is 12.0 Å². The van der Waals surface area contributed by atoms with Crippen LogP contribution >= 0.6 is 0 Å². The zero-order chi connectivity index (χ0) is 22.9. The van der Waals surface area contributed by atoms with E-state index in [0.29, 0.717) is 16.7 Å². The highest BCUT2D eigenvalue weighted by molar-refractivity contribution is 7.92. The number of carbonyl (C=O) groups excluding carboxylic acids is 1. The Labute approximate surface area is 182 Å². The molecule has 5 nitrogen and oxygen atoms in total. The Morgan fingerprint density at radius 1 is 1.23 bits per heavy atom. The summed E-state index contributed by atoms with van der Waals surface area (Å²) in [7, 11) is -6.00. The van der Waals surface area contributed by atoms with Crippen molar-refractivity contribution < 1.29 is 22.4 Å². The van der Waals surface area contributed by atoms with Crippen LogP contribution in [0.1, 0.15) is 41.0 Å². The van der Waals surface area contributed by atoms with Crippen LogP contribution in [-0.4, -0.2) is 40.7 Å². The second-order valence-electron chi connectivity index (χ2n) is 9.25. The van der Waals surface area contributed by atoms with E-state index in [-0.39, 0.29) is 23.0 Å². The molecular formula is C23H34O5SSi. The van der Waals surface area contributed by atoms with Gasteiger partial charge >= 0.3 is 5.97 Å². The SMILES string of the molecule is C=C1CC(C(=O)OCC)=C(C(C)O[Si](C)(C)C(C)(C)C)C1S(=O)(=O)c1ccccc1. The lowest BCUT2D eigenvalue weighted by Crippen LogP contribution is -2.45. The highest BCUT2D eigenvalue weighted by atomic mass is 32.2. The normalized spacial score (nSPS) is 19.2. The molecule has 0 radical (unpaired) electrons. The van der Waals surface area contributed by atoms with Gasteiger partial charge in [0.15, 0.2) is 18.2 Å². The molecule has 0 aliphatic heterocycles. The van der Waals surface area contributed by atoms with Crippen LogP contribution in [0.2, 0.25) is 18.1 Å². The van der Waals surface area contributed by atoms with Gasteiger partial charge in [-0.15, -0.1) is 0 Å². The molecule has 1 aliphatic rings. The fraction of sp³-hybridized carbons (Fsp3) is 0.522. The average Bonchev–Trinajstić information content (AvgIpc) is 2.99. The summed E-state index contributed by atoms with van der Waals surface area (Å²) in [4.78, 5) is 12.9. The molecule has 0 saturated carbocycles. The Bertz CT molecular complexity index is 940. The summed E-state index contributed by atoms with van der Waals surface area (Å²) in [5.74, 6) is -0.495. The van der Waals surface area contributed by atoms with E-state index in [1.165, 1.54) is 0 Å². The predicted octanol–water partition coefficient (Wildman–Crippen LogP) is 5.06. The van der Waals surface area contributed by atoms with E-state index in [2.05, 4.69) is 40.4 Å². The molecule has 0 heterocycles. The summed E-state index contributed by atoms with van der Waals surface area (Å²) in [5, 5.41) is -1.06. The van der Waals surface area contributed by atoms with E-state index >= 15 is 0 Å². The summed E-state index contributed by atoms with van der Waals surface area (Å²) in [6.45, 7) is 18.4. The molecule has 2 rings (SSSR count). The third kappa shape index (κ3) is 4.79. The zero-order valence-electron chi connectivity index (χ0n) is 19.1. The van der Waals surface area contributed by atoms with Gasteiger partial charge in [-0.25, -0.2) is 13.2 Å². The van der Waals surface area contributed by atoms with Crippen molar-refractivity contribution >= 4 is 24.1 Å². The standard InChI is InChI=1S/C23H34O5SSi/c1-9-27-22(24)19-15-16(2)21(29(25,26)18-13-11-10-12-14-18)20(19)17(3)28-30(7,8)23(4,5)6/h10-14,17,21H,2,9,15H2,1,3-8H3. The van der Waals surface area contributed by atoms with Crippen molar-refractivity contribution in [2.75, 3.05) is 6.61 Å². The second-order valence-corrected chi connectivity index (χ2v) is 16.0. The fourth-order valence-electron chi connectivity index (χ4n) is 3.48. The van der Waals surface area contributed by atoms with Gasteiger partial charge in [-0.2, -0.15) is 0 Å². The van der Waals surface area contributed by atoms with E-state index in [0.717, 1.165) is 0 Å². The number of benzene rings is 1. The third-order valence-electron chi connectivity index (χ3n) is 6.02. The molecule has 2 unspecified atom stereocenters. The molecule has 166 valence electrons. The van der Waals surface area contributed by atoms with E-state index in [1.807, 2.05) is 6.92 Å². The van der Waals surface area contributed by atoms with Crippen LogP contribution in [0.25, 0.3) is 0 Å². The molecular weight excluding hydrogens is 416 g/mol. The molecule has 0 aromatic heterocycles. The summed E-state index contributed by atoms with van der Waals surface area (Å²) in [5.41, 5.74) is 1.30. The maximum atomic E-state index is 13.6. The van der Waals surface area contributed by atoms with Crippen molar-refractivity contribution in [1.82, 2.24) is 0 Å². The monoisotopic (exact) mass is 450 g/mol. The molecule has 0 amide bonds. The molecule has 1 aromatic rings. The number of hydrogen-bond donors (Lipinski definition) is 0. The number of hydrogen-bond acceptors (Lipinski definition) is 5. The highest BCUT2D eigenvalue weighted by Crippen LogP contribution is 2.44. The quantitative estimate of drug-likeness (QED) is 0.330. The van der Waals surface area contributed by atoms with Crippen molar-refractivity contribution in [3.63, 3.8) is 0 Å². The number of rotatable bonds is 7. The molecule has 1 aromatic carbocycles. The minimum Gasteiger partial charge on any atom is -0.463 e. The zero-order valence-corrected chi connectivity index (χ0v) is 20.9. The minimum absolute atomic E-state index is 0.0602. The molecule has 7 heteroatoms. The Hall–Kier alpha value is -1.70. The van der Waals surface area contributed by atoms with E-state index in [9.17, 15) is 13.2 Å². The van der Waals surface area contributed by atoms with Crippen molar-refractivity contribution in [3.05, 3.63) is 53.6 Å². The van der Waals surface area contributed by atoms with Gasteiger partial charge in [-0.3, -0.25) is 0 Å². The van der Waals surface area contributed by atoms with Crippen LogP contribution in [0.3, 0.4) is 0 Å². The van der Waals surface area contributed by atoms with E-state index in [4.69, 9.17) is 9.16 Å². The Kier molecular flexibility index (Phi) is 7.21. The van der Waals surface area contributed by atoms with Crippen LogP contribution in [0, 0.1) is 0 Å². The van der Waals surface area contributed by atoms with Gasteiger partial charge in [0.1, 0.15) is 5.25 Å². The Morgan fingerprint density at radius 2 is 1.80 bits per heavy atom. The Balaban J connectivity index is 2.61. The second kappa shape index (κ2) is 8.81. The summed E-state index contributed by atoms with van der Waals surface area (Å²) < 4.78 is 38.9. The molecule has 0 N–H and O–H groups in total. The Morgan fingerprint density at radius 3 is 2.30 bits per heavy atom. The van der Waals surface area contributed by atoms with E-state index < -0.39 is 35.5 Å². The lowest BCUT2D eigenvalue weighted by atomic mass is 10.1. The van der Waals surface area contributed by atoms with Gasteiger partial charge in [-0.05, 0) is 49.7 Å². The molecule has 2 atom stereocenters. The van der Waals surface area contributed by atoms with Crippen LogP contribution in [-0.2, 0) is 23.8 Å².